The molecule has 108 valence electrons. The second-order valence-corrected chi connectivity index (χ2v) is 5.46. The van der Waals surface area contributed by atoms with Gasteiger partial charge in [0.1, 0.15) is 0 Å². The third-order valence-electron chi connectivity index (χ3n) is 4.01. The number of aryl methyl sites for hydroxylation is 2. The smallest absolute Gasteiger partial charge is 0.0669 e. The molecule has 1 atom stereocenters. The Kier molecular flexibility index (Phi) is 5.40. The van der Waals surface area contributed by atoms with Gasteiger partial charge < -0.3 is 10.1 Å². The maximum absolute atomic E-state index is 5.46. The van der Waals surface area contributed by atoms with Crippen molar-refractivity contribution >= 4 is 0 Å². The van der Waals surface area contributed by atoms with Crippen LogP contribution in [0.5, 0.6) is 0 Å². The van der Waals surface area contributed by atoms with Gasteiger partial charge in [0, 0.05) is 38.1 Å². The van der Waals surface area contributed by atoms with Crippen molar-refractivity contribution in [2.24, 2.45) is 13.0 Å². The molecule has 0 radical (unpaired) electrons. The number of hydrogen-bond donors (Lipinski definition) is 1. The van der Waals surface area contributed by atoms with E-state index in [2.05, 4.69) is 30.5 Å². The zero-order valence-electron chi connectivity index (χ0n) is 12.5. The van der Waals surface area contributed by atoms with Gasteiger partial charge in [-0.05, 0) is 38.1 Å². The average molecular weight is 265 g/mol. The Hall–Kier alpha value is -0.870. The molecule has 1 N–H and O–H groups in total. The topological polar surface area (TPSA) is 39.1 Å². The van der Waals surface area contributed by atoms with Crippen LogP contribution in [-0.2, 0) is 18.2 Å². The summed E-state index contributed by atoms with van der Waals surface area (Å²) in [4.78, 5) is 0. The molecule has 0 amide bonds. The highest BCUT2D eigenvalue weighted by molar-refractivity contribution is 5.21. The molecule has 19 heavy (non-hydrogen) atoms. The van der Waals surface area contributed by atoms with Gasteiger partial charge >= 0.3 is 0 Å². The lowest BCUT2D eigenvalue weighted by atomic mass is 9.89. The molecule has 4 nitrogen and oxygen atoms in total. The van der Waals surface area contributed by atoms with Gasteiger partial charge in [0.2, 0.25) is 0 Å². The second kappa shape index (κ2) is 7.06. The number of ether oxygens (including phenoxy) is 1. The molecule has 1 fully saturated rings. The first kappa shape index (κ1) is 14.5. The van der Waals surface area contributed by atoms with Crippen molar-refractivity contribution in [2.45, 2.75) is 45.6 Å². The normalized spacial score (nSPS) is 18.7. The van der Waals surface area contributed by atoms with E-state index in [4.69, 9.17) is 4.74 Å². The molecular weight excluding hydrogens is 238 g/mol. The molecule has 1 saturated heterocycles. The minimum Gasteiger partial charge on any atom is -0.381 e. The fourth-order valence-electron chi connectivity index (χ4n) is 3.00. The highest BCUT2D eigenvalue weighted by atomic mass is 16.5. The van der Waals surface area contributed by atoms with Crippen LogP contribution in [0.25, 0.3) is 0 Å². The quantitative estimate of drug-likeness (QED) is 0.858. The number of nitrogens with one attached hydrogen (secondary N) is 1. The summed E-state index contributed by atoms with van der Waals surface area (Å²) in [5.74, 6) is 0.780. The van der Waals surface area contributed by atoms with Crippen molar-refractivity contribution in [3.05, 3.63) is 17.5 Å². The first-order chi connectivity index (χ1) is 9.24. The first-order valence-corrected chi connectivity index (χ1v) is 7.58. The molecule has 4 heteroatoms. The molecule has 2 heterocycles. The minimum absolute atomic E-state index is 0.441. The van der Waals surface area contributed by atoms with E-state index >= 15 is 0 Å². The van der Waals surface area contributed by atoms with Gasteiger partial charge in [0.25, 0.3) is 0 Å². The third kappa shape index (κ3) is 3.80. The van der Waals surface area contributed by atoms with E-state index < -0.39 is 0 Å². The van der Waals surface area contributed by atoms with Crippen molar-refractivity contribution in [3.63, 3.8) is 0 Å². The number of nitrogens with zero attached hydrogens (tertiary/aromatic N) is 2. The monoisotopic (exact) mass is 265 g/mol. The molecule has 0 spiro atoms. The fourth-order valence-corrected chi connectivity index (χ4v) is 3.00. The molecule has 0 bridgehead atoms. The summed E-state index contributed by atoms with van der Waals surface area (Å²) in [5.41, 5.74) is 2.62. The van der Waals surface area contributed by atoms with Gasteiger partial charge in [-0.3, -0.25) is 4.68 Å². The molecule has 1 unspecified atom stereocenters. The van der Waals surface area contributed by atoms with E-state index in [9.17, 15) is 0 Å². The highest BCUT2D eigenvalue weighted by Crippen LogP contribution is 2.29. The Balaban J connectivity index is 2.09. The van der Waals surface area contributed by atoms with Crippen molar-refractivity contribution < 1.29 is 4.74 Å². The van der Waals surface area contributed by atoms with Crippen LogP contribution in [0, 0.1) is 5.92 Å². The van der Waals surface area contributed by atoms with E-state index in [1.165, 1.54) is 30.5 Å². The fraction of sp³-hybridized carbons (Fsp3) is 0.800. The van der Waals surface area contributed by atoms with Gasteiger partial charge in [-0.15, -0.1) is 0 Å². The highest BCUT2D eigenvalue weighted by Gasteiger charge is 2.22. The van der Waals surface area contributed by atoms with E-state index in [1.54, 1.807) is 0 Å². The van der Waals surface area contributed by atoms with Crippen LogP contribution in [0.4, 0.5) is 0 Å². The van der Waals surface area contributed by atoms with Gasteiger partial charge in [-0.1, -0.05) is 13.8 Å². The van der Waals surface area contributed by atoms with Crippen LogP contribution in [0.2, 0.25) is 0 Å². The molecule has 1 aromatic heterocycles. The number of hydrogen-bond acceptors (Lipinski definition) is 3. The lowest BCUT2D eigenvalue weighted by molar-refractivity contribution is 0.0605. The van der Waals surface area contributed by atoms with Crippen molar-refractivity contribution in [3.8, 4) is 0 Å². The number of rotatable bonds is 6. The summed E-state index contributed by atoms with van der Waals surface area (Å²) in [6.07, 6.45) is 6.79. The Labute approximate surface area is 116 Å². The molecule has 1 aromatic rings. The van der Waals surface area contributed by atoms with Gasteiger partial charge in [-0.25, -0.2) is 0 Å². The van der Waals surface area contributed by atoms with Crippen LogP contribution < -0.4 is 5.32 Å². The van der Waals surface area contributed by atoms with E-state index in [0.29, 0.717) is 6.04 Å². The largest absolute Gasteiger partial charge is 0.381 e. The SMILES string of the molecule is CCNC(CC1CCOCC1)c1cn(C)nc1CC. The van der Waals surface area contributed by atoms with Crippen molar-refractivity contribution in [1.82, 2.24) is 15.1 Å². The summed E-state index contributed by atoms with van der Waals surface area (Å²) in [6, 6.07) is 0.441. The second-order valence-electron chi connectivity index (χ2n) is 5.46. The Morgan fingerprint density at radius 3 is 2.79 bits per heavy atom. The first-order valence-electron chi connectivity index (χ1n) is 7.58. The summed E-state index contributed by atoms with van der Waals surface area (Å²) >= 11 is 0. The van der Waals surface area contributed by atoms with Crippen molar-refractivity contribution in [1.29, 1.82) is 0 Å². The maximum Gasteiger partial charge on any atom is 0.0669 e. The van der Waals surface area contributed by atoms with Gasteiger partial charge in [0.05, 0.1) is 5.69 Å². The molecule has 2 rings (SSSR count). The predicted octanol–water partition coefficient (Wildman–Crippen LogP) is 2.45. The molecule has 1 aliphatic heterocycles. The lowest BCUT2D eigenvalue weighted by Crippen LogP contribution is -2.26. The molecule has 1 aliphatic rings. The molecule has 0 aromatic carbocycles. The van der Waals surface area contributed by atoms with Crippen LogP contribution >= 0.6 is 0 Å². The van der Waals surface area contributed by atoms with E-state index in [-0.39, 0.29) is 0 Å². The standard InChI is InChI=1S/C15H27N3O/c1-4-14-13(11-18(3)17-14)15(16-5-2)10-12-6-8-19-9-7-12/h11-12,15-16H,4-10H2,1-3H3. The minimum atomic E-state index is 0.441. The van der Waals surface area contributed by atoms with Gasteiger partial charge in [-0.2, -0.15) is 5.10 Å². The summed E-state index contributed by atoms with van der Waals surface area (Å²) in [7, 11) is 2.01. The summed E-state index contributed by atoms with van der Waals surface area (Å²) in [5, 5.41) is 8.22. The van der Waals surface area contributed by atoms with E-state index in [1.807, 2.05) is 11.7 Å². The predicted molar refractivity (Wildman–Crippen MR) is 77.2 cm³/mol. The Bertz CT molecular complexity index is 383. The van der Waals surface area contributed by atoms with Crippen LogP contribution in [0.3, 0.4) is 0 Å². The van der Waals surface area contributed by atoms with E-state index in [0.717, 1.165) is 32.1 Å². The number of aromatic nitrogens is 2. The average Bonchev–Trinajstić information content (AvgIpc) is 2.80. The Morgan fingerprint density at radius 2 is 2.16 bits per heavy atom. The Morgan fingerprint density at radius 1 is 1.42 bits per heavy atom. The zero-order chi connectivity index (χ0) is 13.7. The lowest BCUT2D eigenvalue weighted by Gasteiger charge is -2.27. The molecular formula is C15H27N3O. The third-order valence-corrected chi connectivity index (χ3v) is 4.01. The molecule has 0 aliphatic carbocycles. The van der Waals surface area contributed by atoms with Gasteiger partial charge in [0.15, 0.2) is 0 Å². The van der Waals surface area contributed by atoms with Crippen LogP contribution in [-0.4, -0.2) is 29.5 Å². The summed E-state index contributed by atoms with van der Waals surface area (Å²) < 4.78 is 7.41. The molecule has 0 saturated carbocycles. The summed E-state index contributed by atoms with van der Waals surface area (Å²) in [6.45, 7) is 7.22. The van der Waals surface area contributed by atoms with Crippen LogP contribution in [0.1, 0.15) is 50.4 Å². The van der Waals surface area contributed by atoms with Crippen molar-refractivity contribution in [2.75, 3.05) is 19.8 Å². The van der Waals surface area contributed by atoms with Crippen LogP contribution in [0.15, 0.2) is 6.20 Å². The zero-order valence-corrected chi connectivity index (χ0v) is 12.5. The maximum atomic E-state index is 5.46.